The predicted octanol–water partition coefficient (Wildman–Crippen LogP) is 0.833. The van der Waals surface area contributed by atoms with Gasteiger partial charge in [-0.2, -0.15) is 0 Å². The molecule has 46 valence electrons. The molecule has 0 unspecified atom stereocenters. The summed E-state index contributed by atoms with van der Waals surface area (Å²) in [4.78, 5) is 19.3. The van der Waals surface area contributed by atoms with Crippen molar-refractivity contribution >= 4 is 34.8 Å². The van der Waals surface area contributed by atoms with E-state index < -0.39 is 0 Å². The van der Waals surface area contributed by atoms with E-state index in [1.54, 1.807) is 0 Å². The van der Waals surface area contributed by atoms with Gasteiger partial charge in [0, 0.05) is 11.5 Å². The van der Waals surface area contributed by atoms with Crippen molar-refractivity contribution in [2.45, 2.75) is 0 Å². The Kier molecular flexibility index (Phi) is 7.08. The second-order valence-corrected chi connectivity index (χ2v) is 2.80. The van der Waals surface area contributed by atoms with Crippen molar-refractivity contribution in [2.75, 3.05) is 11.5 Å². The van der Waals surface area contributed by atoms with Gasteiger partial charge in [0.15, 0.2) is 11.2 Å². The molecule has 0 heterocycles. The van der Waals surface area contributed by atoms with Gasteiger partial charge in [-0.25, -0.2) is 0 Å². The largest absolute Gasteiger partial charge is 0.291 e. The molecule has 0 aliphatic carbocycles. The molecular weight excluding hydrogens is 144 g/mol. The molecule has 0 aromatic heterocycles. The standard InChI is InChI=1S/C4H6O2S2/c5-3-7-1-2-8-4-6/h3-4H,1-2H2. The summed E-state index contributed by atoms with van der Waals surface area (Å²) in [5, 5.41) is 0. The molecule has 8 heavy (non-hydrogen) atoms. The fourth-order valence-corrected chi connectivity index (χ4v) is 1.15. The third-order valence-corrected chi connectivity index (χ3v) is 1.87. The van der Waals surface area contributed by atoms with Crippen LogP contribution in [0.5, 0.6) is 0 Å². The van der Waals surface area contributed by atoms with Crippen molar-refractivity contribution in [1.82, 2.24) is 0 Å². The summed E-state index contributed by atoms with van der Waals surface area (Å²) in [5.41, 5.74) is 1.57. The molecule has 0 saturated carbocycles. The highest BCUT2D eigenvalue weighted by Gasteiger charge is 1.83. The minimum absolute atomic E-state index is 0.729. The van der Waals surface area contributed by atoms with E-state index in [0.29, 0.717) is 0 Å². The maximum absolute atomic E-state index is 9.63. The summed E-state index contributed by atoms with van der Waals surface area (Å²) >= 11 is 2.38. The van der Waals surface area contributed by atoms with E-state index >= 15 is 0 Å². The van der Waals surface area contributed by atoms with Gasteiger partial charge < -0.3 is 0 Å². The normalized spacial score (nSPS) is 8.50. The Bertz CT molecular complexity index is 64.4. The second kappa shape index (κ2) is 7.04. The van der Waals surface area contributed by atoms with Crippen molar-refractivity contribution in [3.8, 4) is 0 Å². The zero-order chi connectivity index (χ0) is 6.24. The van der Waals surface area contributed by atoms with Crippen LogP contribution in [0, 0.1) is 0 Å². The van der Waals surface area contributed by atoms with Crippen molar-refractivity contribution < 1.29 is 9.59 Å². The van der Waals surface area contributed by atoms with Gasteiger partial charge in [-0.15, -0.1) is 0 Å². The molecule has 0 spiro atoms. The average Bonchev–Trinajstić information content (AvgIpc) is 1.81. The maximum Gasteiger partial charge on any atom is 0.176 e. The van der Waals surface area contributed by atoms with Crippen LogP contribution in [-0.2, 0) is 9.59 Å². The average molecular weight is 150 g/mol. The zero-order valence-electron chi connectivity index (χ0n) is 4.20. The van der Waals surface area contributed by atoms with E-state index in [4.69, 9.17) is 0 Å². The first-order valence-electron chi connectivity index (χ1n) is 2.02. The minimum atomic E-state index is 0.729. The van der Waals surface area contributed by atoms with Gasteiger partial charge in [0.2, 0.25) is 0 Å². The summed E-state index contributed by atoms with van der Waals surface area (Å²) < 4.78 is 0. The lowest BCUT2D eigenvalue weighted by atomic mass is 11.0. The number of carbonyl (C=O) groups is 2. The molecule has 2 nitrogen and oxygen atoms in total. The van der Waals surface area contributed by atoms with Crippen LogP contribution in [0.2, 0.25) is 0 Å². The maximum atomic E-state index is 9.63. The smallest absolute Gasteiger partial charge is 0.176 e. The number of carbonyl (C=O) groups excluding carboxylic acids is 2. The fourth-order valence-electron chi connectivity index (χ4n) is 0.192. The van der Waals surface area contributed by atoms with E-state index in [1.807, 2.05) is 0 Å². The van der Waals surface area contributed by atoms with Gasteiger partial charge in [0.1, 0.15) is 0 Å². The topological polar surface area (TPSA) is 34.1 Å². The van der Waals surface area contributed by atoms with E-state index in [-0.39, 0.29) is 0 Å². The molecule has 0 rings (SSSR count). The Morgan fingerprint density at radius 3 is 1.62 bits per heavy atom. The first-order valence-corrected chi connectivity index (χ1v) is 4.12. The van der Waals surface area contributed by atoms with Crippen molar-refractivity contribution in [3.63, 3.8) is 0 Å². The SMILES string of the molecule is O=CSCCSC=O. The molecule has 0 N–H and O–H groups in total. The predicted molar refractivity (Wildman–Crippen MR) is 38.4 cm³/mol. The third kappa shape index (κ3) is 6.04. The van der Waals surface area contributed by atoms with E-state index in [1.165, 1.54) is 23.5 Å². The first kappa shape index (κ1) is 8.04. The Balaban J connectivity index is 2.71. The molecule has 0 saturated heterocycles. The molecule has 0 bridgehead atoms. The highest BCUT2D eigenvalue weighted by atomic mass is 32.2. The highest BCUT2D eigenvalue weighted by molar-refractivity contribution is 8.15. The van der Waals surface area contributed by atoms with Gasteiger partial charge in [-0.1, -0.05) is 23.5 Å². The summed E-state index contributed by atoms with van der Waals surface area (Å²) in [6.07, 6.45) is 0. The number of thioether (sulfide) groups is 2. The monoisotopic (exact) mass is 150 g/mol. The quantitative estimate of drug-likeness (QED) is 0.429. The summed E-state index contributed by atoms with van der Waals surface area (Å²) in [6, 6.07) is 0. The molecule has 0 aliphatic heterocycles. The van der Waals surface area contributed by atoms with Gasteiger partial charge in [0.25, 0.3) is 0 Å². The number of hydrogen-bond acceptors (Lipinski definition) is 4. The van der Waals surface area contributed by atoms with Crippen LogP contribution in [0.1, 0.15) is 0 Å². The van der Waals surface area contributed by atoms with Crippen LogP contribution in [0.4, 0.5) is 0 Å². The van der Waals surface area contributed by atoms with E-state index in [9.17, 15) is 9.59 Å². The molecule has 0 aliphatic rings. The van der Waals surface area contributed by atoms with Crippen molar-refractivity contribution in [2.24, 2.45) is 0 Å². The van der Waals surface area contributed by atoms with Crippen molar-refractivity contribution in [3.05, 3.63) is 0 Å². The van der Waals surface area contributed by atoms with Crippen LogP contribution >= 0.6 is 23.5 Å². The van der Waals surface area contributed by atoms with Crippen LogP contribution in [0.3, 0.4) is 0 Å². The third-order valence-electron chi connectivity index (χ3n) is 0.455. The van der Waals surface area contributed by atoms with Gasteiger partial charge in [-0.3, -0.25) is 9.59 Å². The van der Waals surface area contributed by atoms with Crippen LogP contribution in [0.25, 0.3) is 0 Å². The zero-order valence-corrected chi connectivity index (χ0v) is 5.83. The highest BCUT2D eigenvalue weighted by Crippen LogP contribution is 1.99. The van der Waals surface area contributed by atoms with Gasteiger partial charge in [0.05, 0.1) is 0 Å². The van der Waals surface area contributed by atoms with E-state index in [0.717, 1.165) is 22.7 Å². The number of hydrogen-bond donors (Lipinski definition) is 0. The van der Waals surface area contributed by atoms with Gasteiger partial charge >= 0.3 is 0 Å². The molecule has 0 amide bonds. The Hall–Kier alpha value is 0.0400. The Morgan fingerprint density at radius 1 is 1.00 bits per heavy atom. The van der Waals surface area contributed by atoms with Crippen LogP contribution < -0.4 is 0 Å². The van der Waals surface area contributed by atoms with Crippen LogP contribution in [-0.4, -0.2) is 22.7 Å². The van der Waals surface area contributed by atoms with Gasteiger partial charge in [-0.05, 0) is 0 Å². The lowest BCUT2D eigenvalue weighted by Crippen LogP contribution is -1.81. The first-order chi connectivity index (χ1) is 3.91. The number of rotatable bonds is 5. The van der Waals surface area contributed by atoms with Crippen molar-refractivity contribution in [1.29, 1.82) is 0 Å². The Labute approximate surface area is 56.4 Å². The molecule has 4 heteroatoms. The molecule has 0 aromatic rings. The van der Waals surface area contributed by atoms with E-state index in [2.05, 4.69) is 0 Å². The molecule has 0 atom stereocenters. The summed E-state index contributed by atoms with van der Waals surface area (Å²) in [6.45, 7) is 0. The molecular formula is C4H6O2S2. The lowest BCUT2D eigenvalue weighted by molar-refractivity contribution is 0.569. The fraction of sp³-hybridized carbons (Fsp3) is 0.500. The molecule has 0 aromatic carbocycles. The molecule has 0 radical (unpaired) electrons. The minimum Gasteiger partial charge on any atom is -0.291 e. The summed E-state index contributed by atoms with van der Waals surface area (Å²) in [7, 11) is 0. The lowest BCUT2D eigenvalue weighted by Gasteiger charge is -1.85. The second-order valence-electron chi connectivity index (χ2n) is 0.934. The molecule has 0 fully saturated rings. The summed E-state index contributed by atoms with van der Waals surface area (Å²) in [5.74, 6) is 1.46. The Morgan fingerprint density at radius 2 is 1.38 bits per heavy atom. The van der Waals surface area contributed by atoms with Crippen LogP contribution in [0.15, 0.2) is 0 Å².